The molecule has 1 saturated carbocycles. The average Bonchev–Trinajstić information content (AvgIpc) is 1.90. The first-order valence-corrected chi connectivity index (χ1v) is 3.75. The highest BCUT2D eigenvalue weighted by Gasteiger charge is 2.28. The highest BCUT2D eigenvalue weighted by molar-refractivity contribution is 4.83. The summed E-state index contributed by atoms with van der Waals surface area (Å²) in [5.41, 5.74) is -0.891. The van der Waals surface area contributed by atoms with Crippen LogP contribution in [0.2, 0.25) is 0 Å². The van der Waals surface area contributed by atoms with Crippen LogP contribution in [0.4, 0.5) is 4.39 Å². The first-order valence-electron chi connectivity index (χ1n) is 3.75. The molecule has 0 nitrogen and oxygen atoms in total. The van der Waals surface area contributed by atoms with Crippen LogP contribution in [0.25, 0.3) is 0 Å². The maximum atomic E-state index is 13.2. The topological polar surface area (TPSA) is 0 Å². The summed E-state index contributed by atoms with van der Waals surface area (Å²) in [5.74, 6) is 0. The van der Waals surface area contributed by atoms with Gasteiger partial charge in [-0.1, -0.05) is 26.2 Å². The van der Waals surface area contributed by atoms with E-state index in [0.29, 0.717) is 6.42 Å². The Bertz CT molecular complexity index is 82.6. The van der Waals surface area contributed by atoms with Gasteiger partial charge in [0.1, 0.15) is 5.67 Å². The summed E-state index contributed by atoms with van der Waals surface area (Å²) >= 11 is 0. The zero-order valence-electron chi connectivity index (χ0n) is 5.83. The van der Waals surface area contributed by atoms with E-state index in [2.05, 4.69) is 6.92 Å². The van der Waals surface area contributed by atoms with E-state index in [0.717, 1.165) is 25.7 Å². The fourth-order valence-electron chi connectivity index (χ4n) is 1.44. The van der Waals surface area contributed by atoms with E-state index in [4.69, 9.17) is 0 Å². The largest absolute Gasteiger partial charge is 0.244 e. The molecule has 1 aliphatic carbocycles. The Balaban J connectivity index is 2.37. The molecule has 1 heteroatoms. The van der Waals surface area contributed by atoms with E-state index in [1.54, 1.807) is 0 Å². The van der Waals surface area contributed by atoms with Crippen molar-refractivity contribution in [3.8, 4) is 0 Å². The Hall–Kier alpha value is -0.0700. The smallest absolute Gasteiger partial charge is 0.111 e. The molecule has 0 unspecified atom stereocenters. The van der Waals surface area contributed by atoms with Gasteiger partial charge in [0.2, 0.25) is 0 Å². The van der Waals surface area contributed by atoms with Gasteiger partial charge in [-0.3, -0.25) is 0 Å². The number of hydrogen-bond donors (Lipinski definition) is 0. The molecule has 9 heavy (non-hydrogen) atoms. The molecule has 0 aromatic carbocycles. The number of rotatable bonds is 1. The number of halogens is 1. The summed E-state index contributed by atoms with van der Waals surface area (Å²) in [6, 6.07) is 0. The molecule has 0 spiro atoms. The Morgan fingerprint density at radius 2 is 1.78 bits per heavy atom. The second-order valence-corrected chi connectivity index (χ2v) is 2.96. The van der Waals surface area contributed by atoms with E-state index in [1.165, 1.54) is 6.42 Å². The van der Waals surface area contributed by atoms with Crippen molar-refractivity contribution in [1.82, 2.24) is 0 Å². The lowest BCUT2D eigenvalue weighted by atomic mass is 9.85. The van der Waals surface area contributed by atoms with Gasteiger partial charge in [-0.25, -0.2) is 4.39 Å². The highest BCUT2D eigenvalue weighted by atomic mass is 19.1. The van der Waals surface area contributed by atoms with Crippen LogP contribution in [0, 0.1) is 6.92 Å². The number of alkyl halides is 1. The molecule has 0 aromatic rings. The normalized spacial score (nSPS) is 26.0. The van der Waals surface area contributed by atoms with Crippen molar-refractivity contribution in [1.29, 1.82) is 0 Å². The molecule has 0 atom stereocenters. The summed E-state index contributed by atoms with van der Waals surface area (Å²) in [6.45, 7) is 3.61. The fraction of sp³-hybridized carbons (Fsp3) is 0.875. The van der Waals surface area contributed by atoms with Gasteiger partial charge in [-0.15, -0.1) is 0 Å². The van der Waals surface area contributed by atoms with Crippen LogP contribution in [0.3, 0.4) is 0 Å². The van der Waals surface area contributed by atoms with Crippen LogP contribution in [0.1, 0.15) is 38.5 Å². The minimum absolute atomic E-state index is 0.465. The Labute approximate surface area is 56.5 Å². The van der Waals surface area contributed by atoms with Crippen molar-refractivity contribution in [3.05, 3.63) is 6.92 Å². The first-order chi connectivity index (χ1) is 4.27. The molecule has 1 fully saturated rings. The fourth-order valence-corrected chi connectivity index (χ4v) is 1.44. The number of hydrogen-bond acceptors (Lipinski definition) is 0. The molecule has 0 saturated heterocycles. The molecule has 1 rings (SSSR count). The SMILES string of the molecule is [CH2]CC1(F)CCCCC1. The summed E-state index contributed by atoms with van der Waals surface area (Å²) in [5, 5.41) is 0. The van der Waals surface area contributed by atoms with E-state index >= 15 is 0 Å². The maximum Gasteiger partial charge on any atom is 0.111 e. The van der Waals surface area contributed by atoms with Crippen molar-refractivity contribution in [2.24, 2.45) is 0 Å². The molecule has 0 aliphatic heterocycles. The monoisotopic (exact) mass is 129 g/mol. The molecule has 0 N–H and O–H groups in total. The van der Waals surface area contributed by atoms with E-state index in [1.807, 2.05) is 0 Å². The average molecular weight is 129 g/mol. The van der Waals surface area contributed by atoms with Crippen molar-refractivity contribution < 1.29 is 4.39 Å². The summed E-state index contributed by atoms with van der Waals surface area (Å²) < 4.78 is 13.2. The van der Waals surface area contributed by atoms with E-state index in [9.17, 15) is 4.39 Å². The maximum absolute atomic E-state index is 13.2. The zero-order valence-corrected chi connectivity index (χ0v) is 5.83. The van der Waals surface area contributed by atoms with Gasteiger partial charge < -0.3 is 0 Å². The van der Waals surface area contributed by atoms with Crippen LogP contribution in [0.5, 0.6) is 0 Å². The summed E-state index contributed by atoms with van der Waals surface area (Å²) in [6.07, 6.45) is 5.30. The third kappa shape index (κ3) is 1.67. The molecule has 53 valence electrons. The van der Waals surface area contributed by atoms with Gasteiger partial charge >= 0.3 is 0 Å². The molecular weight excluding hydrogens is 115 g/mol. The van der Waals surface area contributed by atoms with E-state index in [-0.39, 0.29) is 0 Å². The third-order valence-electron chi connectivity index (χ3n) is 2.20. The van der Waals surface area contributed by atoms with Crippen LogP contribution < -0.4 is 0 Å². The van der Waals surface area contributed by atoms with Crippen LogP contribution in [-0.2, 0) is 0 Å². The molecule has 1 radical (unpaired) electrons. The van der Waals surface area contributed by atoms with Crippen molar-refractivity contribution in [3.63, 3.8) is 0 Å². The minimum atomic E-state index is -0.891. The molecular formula is C8H14F. The standard InChI is InChI=1S/C8H14F/c1-2-8(9)6-4-3-5-7-8/h1-7H2. The van der Waals surface area contributed by atoms with Gasteiger partial charge in [0.05, 0.1) is 0 Å². The lowest BCUT2D eigenvalue weighted by Gasteiger charge is -2.27. The van der Waals surface area contributed by atoms with Gasteiger partial charge in [-0.05, 0) is 19.3 Å². The summed E-state index contributed by atoms with van der Waals surface area (Å²) in [7, 11) is 0. The van der Waals surface area contributed by atoms with Crippen LogP contribution in [-0.4, -0.2) is 5.67 Å². The second kappa shape index (κ2) is 2.68. The van der Waals surface area contributed by atoms with Crippen molar-refractivity contribution >= 4 is 0 Å². The first kappa shape index (κ1) is 7.04. The second-order valence-electron chi connectivity index (χ2n) is 2.96. The zero-order chi connectivity index (χ0) is 6.74. The lowest BCUT2D eigenvalue weighted by molar-refractivity contribution is 0.110. The molecule has 0 amide bonds. The van der Waals surface area contributed by atoms with Gasteiger partial charge in [0.25, 0.3) is 0 Å². The lowest BCUT2D eigenvalue weighted by Crippen LogP contribution is -2.24. The van der Waals surface area contributed by atoms with Crippen molar-refractivity contribution in [2.75, 3.05) is 0 Å². The Kier molecular flexibility index (Phi) is 2.09. The van der Waals surface area contributed by atoms with Gasteiger partial charge in [0, 0.05) is 0 Å². The van der Waals surface area contributed by atoms with Gasteiger partial charge in [-0.2, -0.15) is 0 Å². The van der Waals surface area contributed by atoms with Crippen LogP contribution in [0.15, 0.2) is 0 Å². The molecule has 0 bridgehead atoms. The van der Waals surface area contributed by atoms with Crippen LogP contribution >= 0.6 is 0 Å². The molecule has 0 heterocycles. The molecule has 0 aromatic heterocycles. The minimum Gasteiger partial charge on any atom is -0.244 e. The molecule has 1 aliphatic rings. The highest BCUT2D eigenvalue weighted by Crippen LogP contribution is 2.33. The summed E-state index contributed by atoms with van der Waals surface area (Å²) in [4.78, 5) is 0. The Morgan fingerprint density at radius 3 is 2.11 bits per heavy atom. The van der Waals surface area contributed by atoms with Gasteiger partial charge in [0.15, 0.2) is 0 Å². The Morgan fingerprint density at radius 1 is 1.22 bits per heavy atom. The predicted molar refractivity (Wildman–Crippen MR) is 36.9 cm³/mol. The quantitative estimate of drug-likeness (QED) is 0.510. The van der Waals surface area contributed by atoms with Crippen molar-refractivity contribution in [2.45, 2.75) is 44.2 Å². The third-order valence-corrected chi connectivity index (χ3v) is 2.20. The predicted octanol–water partition coefficient (Wildman–Crippen LogP) is 2.88. The van der Waals surface area contributed by atoms with E-state index < -0.39 is 5.67 Å².